The lowest BCUT2D eigenvalue weighted by molar-refractivity contribution is -0.870. The first-order chi connectivity index (χ1) is 40.5. The Morgan fingerprint density at radius 1 is 0.422 bits per heavy atom. The van der Waals surface area contributed by atoms with Gasteiger partial charge < -0.3 is 19.8 Å². The molecule has 478 valence electrons. The first kappa shape index (κ1) is 79.9. The third-order valence-corrected chi connectivity index (χ3v) is 16.0. The molecule has 0 fully saturated rings. The van der Waals surface area contributed by atoms with Gasteiger partial charge in [-0.1, -0.05) is 315 Å². The van der Waals surface area contributed by atoms with E-state index in [4.69, 9.17) is 9.05 Å². The minimum atomic E-state index is -4.35. The van der Waals surface area contributed by atoms with E-state index in [2.05, 4.69) is 141 Å². The molecule has 3 unspecified atom stereocenters. The second kappa shape index (κ2) is 63.4. The van der Waals surface area contributed by atoms with E-state index in [0.717, 1.165) is 96.3 Å². The van der Waals surface area contributed by atoms with Crippen molar-refractivity contribution in [3.63, 3.8) is 0 Å². The van der Waals surface area contributed by atoms with Crippen molar-refractivity contribution < 1.29 is 32.9 Å². The van der Waals surface area contributed by atoms with Gasteiger partial charge >= 0.3 is 7.82 Å². The van der Waals surface area contributed by atoms with Gasteiger partial charge in [-0.25, -0.2) is 4.57 Å². The Hall–Kier alpha value is -3.10. The number of quaternary nitrogens is 1. The zero-order valence-corrected chi connectivity index (χ0v) is 55.5. The number of phosphoric ester groups is 1. The number of hydrogen-bond donors (Lipinski definition) is 3. The second-order valence-electron chi connectivity index (χ2n) is 24.2. The monoisotopic (exact) mass is 1180 g/mol. The number of phosphoric acid groups is 1. The number of carbonyl (C=O) groups excluding carboxylic acids is 1. The maximum Gasteiger partial charge on any atom is 0.472 e. The quantitative estimate of drug-likeness (QED) is 0.0243. The topological polar surface area (TPSA) is 105 Å². The van der Waals surface area contributed by atoms with Gasteiger partial charge in [0, 0.05) is 6.42 Å². The summed E-state index contributed by atoms with van der Waals surface area (Å²) in [6.45, 7) is 4.76. The highest BCUT2D eigenvalue weighted by atomic mass is 31.2. The Kier molecular flexibility index (Phi) is 61.0. The van der Waals surface area contributed by atoms with Crippen LogP contribution in [0.3, 0.4) is 0 Å². The molecule has 0 aliphatic heterocycles. The third kappa shape index (κ3) is 66.3. The number of unbranched alkanes of at least 4 members (excludes halogenated alkanes) is 29. The van der Waals surface area contributed by atoms with E-state index in [1.807, 2.05) is 21.1 Å². The predicted octanol–water partition coefficient (Wildman–Crippen LogP) is 22.0. The van der Waals surface area contributed by atoms with Crippen molar-refractivity contribution in [2.24, 2.45) is 0 Å². The molecule has 0 aliphatic carbocycles. The average molecular weight is 1180 g/mol. The molecule has 83 heavy (non-hydrogen) atoms. The molecule has 3 atom stereocenters. The van der Waals surface area contributed by atoms with Gasteiger partial charge in [-0.3, -0.25) is 13.8 Å². The Morgan fingerprint density at radius 3 is 1.04 bits per heavy atom. The minimum absolute atomic E-state index is 0.0598. The first-order valence-electron chi connectivity index (χ1n) is 34.4. The van der Waals surface area contributed by atoms with Crippen molar-refractivity contribution in [2.75, 3.05) is 40.9 Å². The molecule has 0 heterocycles. The summed E-state index contributed by atoms with van der Waals surface area (Å²) in [5.74, 6) is -0.188. The van der Waals surface area contributed by atoms with Crippen LogP contribution in [-0.4, -0.2) is 73.4 Å². The van der Waals surface area contributed by atoms with Crippen molar-refractivity contribution in [1.82, 2.24) is 5.32 Å². The summed E-state index contributed by atoms with van der Waals surface area (Å²) in [5, 5.41) is 14.1. The van der Waals surface area contributed by atoms with Crippen LogP contribution in [0.2, 0.25) is 0 Å². The van der Waals surface area contributed by atoms with Gasteiger partial charge in [-0.2, -0.15) is 0 Å². The number of nitrogens with one attached hydrogen (secondary N) is 1. The smallest absolute Gasteiger partial charge is 0.391 e. The molecule has 0 aromatic heterocycles. The van der Waals surface area contributed by atoms with Gasteiger partial charge in [0.15, 0.2) is 0 Å². The van der Waals surface area contributed by atoms with Crippen LogP contribution in [0.4, 0.5) is 0 Å². The number of rotatable bonds is 62. The molecule has 0 saturated heterocycles. The standard InChI is InChI=1S/C74H131N2O6P/c1-6-8-10-12-14-16-18-20-22-24-26-28-30-32-34-36-37-38-39-40-42-44-46-48-50-52-54-56-58-60-62-64-66-68-74(78)75-72(71-82-83(79,80)81-70-69-76(3,4)5)73(77)67-65-63-61-59-57-55-53-51-49-47-45-43-41-35-33-31-29-27-25-23-21-19-17-15-13-11-9-7-2/h8,10,14,16,20,22,26,28,32,34,37-38,40,42,46,48,52,54,58,60,72-73,77H,6-7,9,11-13,15,17-19,21,23-25,27,29-31,33,35-36,39,41,43-45,47,49-51,53,55-57,59,61-71H2,1-5H3,(H-,75,78,79,80)/p+1/b10-8-,16-14-,22-20-,28-26-,34-32-,38-37-,42-40-,48-46-,54-52-,60-58-. The van der Waals surface area contributed by atoms with E-state index >= 15 is 0 Å². The first-order valence-corrected chi connectivity index (χ1v) is 35.9. The van der Waals surface area contributed by atoms with E-state index in [9.17, 15) is 19.4 Å². The highest BCUT2D eigenvalue weighted by Gasteiger charge is 2.28. The average Bonchev–Trinajstić information content (AvgIpc) is 3.49. The van der Waals surface area contributed by atoms with Crippen LogP contribution in [0.25, 0.3) is 0 Å². The van der Waals surface area contributed by atoms with Gasteiger partial charge in [0.25, 0.3) is 0 Å². The van der Waals surface area contributed by atoms with Crippen molar-refractivity contribution in [3.05, 3.63) is 122 Å². The van der Waals surface area contributed by atoms with Crippen molar-refractivity contribution in [3.8, 4) is 0 Å². The summed E-state index contributed by atoms with van der Waals surface area (Å²) in [7, 11) is 1.58. The maximum atomic E-state index is 13.0. The Balaban J connectivity index is 4.20. The van der Waals surface area contributed by atoms with E-state index in [0.29, 0.717) is 30.3 Å². The van der Waals surface area contributed by atoms with Gasteiger partial charge in [-0.15, -0.1) is 0 Å². The van der Waals surface area contributed by atoms with Crippen molar-refractivity contribution in [2.45, 2.75) is 302 Å². The van der Waals surface area contributed by atoms with Crippen LogP contribution in [-0.2, 0) is 18.4 Å². The minimum Gasteiger partial charge on any atom is -0.391 e. The number of likely N-dealkylation sites (N-methyl/N-ethyl adjacent to an activating group) is 1. The number of allylic oxidation sites excluding steroid dienone is 20. The van der Waals surface area contributed by atoms with Crippen LogP contribution in [0, 0.1) is 0 Å². The summed E-state index contributed by atoms with van der Waals surface area (Å²) < 4.78 is 23.9. The molecule has 0 aromatic carbocycles. The fourth-order valence-corrected chi connectivity index (χ4v) is 10.4. The van der Waals surface area contributed by atoms with Crippen LogP contribution < -0.4 is 5.32 Å². The third-order valence-electron chi connectivity index (χ3n) is 15.0. The lowest BCUT2D eigenvalue weighted by atomic mass is 10.0. The highest BCUT2D eigenvalue weighted by Crippen LogP contribution is 2.43. The molecule has 0 spiro atoms. The van der Waals surface area contributed by atoms with Gasteiger partial charge in [0.2, 0.25) is 5.91 Å². The summed E-state index contributed by atoms with van der Waals surface area (Å²) in [4.78, 5) is 23.4. The number of carbonyl (C=O) groups is 1. The molecule has 0 bridgehead atoms. The number of nitrogens with zero attached hydrogens (tertiary/aromatic N) is 1. The van der Waals surface area contributed by atoms with Crippen LogP contribution in [0.5, 0.6) is 0 Å². The molecular weight excluding hydrogens is 1040 g/mol. The number of aliphatic hydroxyl groups is 1. The number of aliphatic hydroxyl groups excluding tert-OH is 1. The zero-order valence-electron chi connectivity index (χ0n) is 54.7. The highest BCUT2D eigenvalue weighted by molar-refractivity contribution is 7.47. The van der Waals surface area contributed by atoms with E-state index in [1.54, 1.807) is 0 Å². The molecule has 8 nitrogen and oxygen atoms in total. The largest absolute Gasteiger partial charge is 0.472 e. The normalized spacial score (nSPS) is 14.4. The summed E-state index contributed by atoms with van der Waals surface area (Å²) in [5.41, 5.74) is 0. The molecule has 9 heteroatoms. The van der Waals surface area contributed by atoms with Crippen molar-refractivity contribution in [1.29, 1.82) is 0 Å². The second-order valence-corrected chi connectivity index (χ2v) is 25.6. The number of amides is 1. The van der Waals surface area contributed by atoms with Crippen LogP contribution in [0.15, 0.2) is 122 Å². The van der Waals surface area contributed by atoms with Crippen LogP contribution in [0.1, 0.15) is 290 Å². The summed E-state index contributed by atoms with van der Waals surface area (Å²) in [6, 6.07) is -0.795. The summed E-state index contributed by atoms with van der Waals surface area (Å²) in [6.07, 6.45) is 94.4. The number of hydrogen-bond acceptors (Lipinski definition) is 5. The zero-order chi connectivity index (χ0) is 60.5. The molecule has 0 rings (SSSR count). The van der Waals surface area contributed by atoms with Gasteiger partial charge in [0.1, 0.15) is 13.2 Å². The predicted molar refractivity (Wildman–Crippen MR) is 364 cm³/mol. The van der Waals surface area contributed by atoms with E-state index in [-0.39, 0.29) is 19.1 Å². The van der Waals surface area contributed by atoms with E-state index in [1.165, 1.54) is 161 Å². The molecule has 1 amide bonds. The summed E-state index contributed by atoms with van der Waals surface area (Å²) >= 11 is 0. The van der Waals surface area contributed by atoms with E-state index < -0.39 is 20.0 Å². The molecule has 3 N–H and O–H groups in total. The van der Waals surface area contributed by atoms with Crippen LogP contribution >= 0.6 is 7.82 Å². The fraction of sp³-hybridized carbons (Fsp3) is 0.716. The Morgan fingerprint density at radius 2 is 0.723 bits per heavy atom. The maximum absolute atomic E-state index is 13.0. The molecule has 0 radical (unpaired) electrons. The molecule has 0 aliphatic rings. The Labute approximate surface area is 514 Å². The van der Waals surface area contributed by atoms with Crippen molar-refractivity contribution >= 4 is 13.7 Å². The Bertz CT molecular complexity index is 1770. The fourth-order valence-electron chi connectivity index (χ4n) is 9.67. The lowest BCUT2D eigenvalue weighted by Gasteiger charge is -2.26. The van der Waals surface area contributed by atoms with Gasteiger partial charge in [-0.05, 0) is 89.9 Å². The lowest BCUT2D eigenvalue weighted by Crippen LogP contribution is -2.46. The molecular formula is C74H132N2O6P+. The molecule has 0 saturated carbocycles. The SMILES string of the molecule is CC/C=C\C/C=C\C/C=C\C/C=C\C/C=C\C/C=C\C/C=C\C/C=C\C/C=C\C/C=C\CCCCC(=O)NC(COP(=O)(O)OCC[N+](C)(C)C)C(O)CCCCCCCCCCCCCCCCCCCCCCCCCCCCCC. The van der Waals surface area contributed by atoms with Gasteiger partial charge in [0.05, 0.1) is 39.9 Å². The molecule has 0 aromatic rings.